The van der Waals surface area contributed by atoms with Gasteiger partial charge in [0, 0.05) is 25.7 Å². The van der Waals surface area contributed by atoms with E-state index in [1.165, 1.54) is 37.0 Å². The Kier molecular flexibility index (Phi) is 5.91. The number of hydrogen-bond acceptors (Lipinski definition) is 4. The van der Waals surface area contributed by atoms with Crippen LogP contribution in [0.25, 0.3) is 11.1 Å². The van der Waals surface area contributed by atoms with Gasteiger partial charge in [-0.05, 0) is 79.5 Å². The number of piperidine rings is 1. The summed E-state index contributed by atoms with van der Waals surface area (Å²) in [7, 11) is 0. The lowest BCUT2D eigenvalue weighted by atomic mass is 9.81. The van der Waals surface area contributed by atoms with Gasteiger partial charge in [-0.2, -0.15) is 0 Å². The summed E-state index contributed by atoms with van der Waals surface area (Å²) in [6, 6.07) is 11.5. The number of carbonyl (C=O) groups excluding carboxylic acids is 1. The summed E-state index contributed by atoms with van der Waals surface area (Å²) in [4.78, 5) is 14.7. The predicted molar refractivity (Wildman–Crippen MR) is 121 cm³/mol. The van der Waals surface area contributed by atoms with Crippen LogP contribution in [0.5, 0.6) is 5.75 Å². The molecule has 1 spiro atoms. The third-order valence-electron chi connectivity index (χ3n) is 7.48. The molecule has 6 heteroatoms. The number of ether oxygens (including phenoxy) is 1. The van der Waals surface area contributed by atoms with Crippen LogP contribution in [0.1, 0.15) is 54.4 Å². The van der Waals surface area contributed by atoms with Crippen LogP contribution < -0.4 is 10.1 Å². The van der Waals surface area contributed by atoms with Crippen LogP contribution in [-0.4, -0.2) is 53.8 Å². The van der Waals surface area contributed by atoms with Gasteiger partial charge in [-0.15, -0.1) is 0 Å². The van der Waals surface area contributed by atoms with Crippen molar-refractivity contribution in [2.45, 2.75) is 56.6 Å². The first kappa shape index (κ1) is 21.4. The largest absolute Gasteiger partial charge is 0.487 e. The highest BCUT2D eigenvalue weighted by Crippen LogP contribution is 2.42. The van der Waals surface area contributed by atoms with Gasteiger partial charge in [0.15, 0.2) is 0 Å². The highest BCUT2D eigenvalue weighted by Gasteiger charge is 2.41. The standard InChI is InChI=1S/C26H31FN2O3/c27-23-17-19(4-6-22(23)25(31)28-12-15-30)18-5-7-24-20(16-18)8-9-26(32-24)10-13-29(14-11-26)21-2-1-3-21/h4-7,16-17,21,30H,1-3,8-15H2,(H,28,31). The molecule has 2 aromatic carbocycles. The van der Waals surface area contributed by atoms with E-state index >= 15 is 0 Å². The SMILES string of the molecule is O=C(NCCO)c1ccc(-c2ccc3c(c2)CCC2(CCN(C4CCC4)CC2)O3)cc1F. The molecule has 2 N–H and O–H groups in total. The maximum atomic E-state index is 14.6. The molecule has 5 rings (SSSR count). The molecule has 32 heavy (non-hydrogen) atoms. The first-order chi connectivity index (χ1) is 15.6. The van der Waals surface area contributed by atoms with Crippen molar-refractivity contribution in [3.63, 3.8) is 0 Å². The Labute approximate surface area is 188 Å². The van der Waals surface area contributed by atoms with Crippen LogP contribution in [0.4, 0.5) is 4.39 Å². The summed E-state index contributed by atoms with van der Waals surface area (Å²) in [6.45, 7) is 2.19. The maximum Gasteiger partial charge on any atom is 0.254 e. The first-order valence-electron chi connectivity index (χ1n) is 11.8. The van der Waals surface area contributed by atoms with Crippen LogP contribution in [0.15, 0.2) is 36.4 Å². The predicted octanol–water partition coefficient (Wildman–Crippen LogP) is 3.93. The monoisotopic (exact) mass is 438 g/mol. The lowest BCUT2D eigenvalue weighted by Crippen LogP contribution is -2.53. The number of rotatable bonds is 5. The number of carbonyl (C=O) groups is 1. The molecule has 5 nitrogen and oxygen atoms in total. The molecule has 1 amide bonds. The molecule has 1 aliphatic carbocycles. The number of nitrogens with zero attached hydrogens (tertiary/aromatic N) is 1. The number of halogens is 1. The molecule has 0 aromatic heterocycles. The third kappa shape index (κ3) is 4.14. The average Bonchev–Trinajstić information content (AvgIpc) is 2.77. The van der Waals surface area contributed by atoms with E-state index in [4.69, 9.17) is 9.84 Å². The second kappa shape index (κ2) is 8.83. The second-order valence-electron chi connectivity index (χ2n) is 9.40. The van der Waals surface area contributed by atoms with Gasteiger partial charge in [-0.3, -0.25) is 4.79 Å². The van der Waals surface area contributed by atoms with Crippen LogP contribution in [0.3, 0.4) is 0 Å². The Bertz CT molecular complexity index is 997. The molecule has 2 fully saturated rings. The number of fused-ring (bicyclic) bond motifs is 1. The molecule has 2 heterocycles. The number of aliphatic hydroxyl groups is 1. The molecule has 0 unspecified atom stereocenters. The van der Waals surface area contributed by atoms with Crippen molar-refractivity contribution >= 4 is 5.91 Å². The molecule has 0 atom stereocenters. The summed E-state index contributed by atoms with van der Waals surface area (Å²) >= 11 is 0. The van der Waals surface area contributed by atoms with Crippen molar-refractivity contribution in [2.75, 3.05) is 26.2 Å². The van der Waals surface area contributed by atoms with Crippen molar-refractivity contribution in [2.24, 2.45) is 0 Å². The Morgan fingerprint density at radius 2 is 1.88 bits per heavy atom. The van der Waals surface area contributed by atoms with Gasteiger partial charge in [0.2, 0.25) is 0 Å². The molecular formula is C26H31FN2O3. The van der Waals surface area contributed by atoms with Gasteiger partial charge < -0.3 is 20.1 Å². The highest BCUT2D eigenvalue weighted by molar-refractivity contribution is 5.95. The summed E-state index contributed by atoms with van der Waals surface area (Å²) in [6.07, 6.45) is 8.27. The van der Waals surface area contributed by atoms with Gasteiger partial charge >= 0.3 is 0 Å². The van der Waals surface area contributed by atoms with Gasteiger partial charge in [0.1, 0.15) is 17.2 Å². The van der Waals surface area contributed by atoms with Crippen LogP contribution in [0.2, 0.25) is 0 Å². The number of benzene rings is 2. The van der Waals surface area contributed by atoms with Gasteiger partial charge in [0.25, 0.3) is 5.91 Å². The van der Waals surface area contributed by atoms with E-state index in [0.29, 0.717) is 0 Å². The van der Waals surface area contributed by atoms with Crippen LogP contribution in [0, 0.1) is 5.82 Å². The van der Waals surface area contributed by atoms with Gasteiger partial charge in [-0.1, -0.05) is 18.6 Å². The number of aliphatic hydroxyl groups excluding tert-OH is 1. The quantitative estimate of drug-likeness (QED) is 0.743. The zero-order valence-corrected chi connectivity index (χ0v) is 18.4. The topological polar surface area (TPSA) is 61.8 Å². The first-order valence-corrected chi connectivity index (χ1v) is 11.8. The molecule has 2 aliphatic heterocycles. The summed E-state index contributed by atoms with van der Waals surface area (Å²) in [5.41, 5.74) is 2.77. The number of amides is 1. The Morgan fingerprint density at radius 1 is 1.12 bits per heavy atom. The molecular weight excluding hydrogens is 407 g/mol. The lowest BCUT2D eigenvalue weighted by molar-refractivity contribution is -0.0336. The zero-order valence-electron chi connectivity index (χ0n) is 18.4. The third-order valence-corrected chi connectivity index (χ3v) is 7.48. The van der Waals surface area contributed by atoms with E-state index < -0.39 is 11.7 Å². The molecule has 2 aromatic rings. The number of hydrogen-bond donors (Lipinski definition) is 2. The summed E-state index contributed by atoms with van der Waals surface area (Å²) in [5.74, 6) is -0.128. The van der Waals surface area contributed by atoms with Crippen molar-refractivity contribution in [3.8, 4) is 16.9 Å². The minimum Gasteiger partial charge on any atom is -0.487 e. The fourth-order valence-electron chi connectivity index (χ4n) is 5.24. The summed E-state index contributed by atoms with van der Waals surface area (Å²) in [5, 5.41) is 11.3. The molecule has 1 saturated carbocycles. The zero-order chi connectivity index (χ0) is 22.1. The van der Waals surface area contributed by atoms with Crippen molar-refractivity contribution in [3.05, 3.63) is 53.3 Å². The van der Waals surface area contributed by atoms with E-state index in [9.17, 15) is 9.18 Å². The molecule has 0 bridgehead atoms. The van der Waals surface area contributed by atoms with Gasteiger partial charge in [0.05, 0.1) is 12.2 Å². The Morgan fingerprint density at radius 3 is 2.56 bits per heavy atom. The Balaban J connectivity index is 1.28. The smallest absolute Gasteiger partial charge is 0.254 e. The number of aryl methyl sites for hydroxylation is 1. The van der Waals surface area contributed by atoms with Crippen molar-refractivity contribution < 1.29 is 19.0 Å². The van der Waals surface area contributed by atoms with Crippen molar-refractivity contribution in [1.29, 1.82) is 0 Å². The average molecular weight is 439 g/mol. The van der Waals surface area contributed by atoms with Gasteiger partial charge in [-0.25, -0.2) is 4.39 Å². The molecule has 1 saturated heterocycles. The normalized spacial score (nSPS) is 20.3. The molecule has 0 radical (unpaired) electrons. The number of likely N-dealkylation sites (tertiary alicyclic amines) is 1. The van der Waals surface area contributed by atoms with E-state index in [-0.39, 0.29) is 24.3 Å². The fourth-order valence-corrected chi connectivity index (χ4v) is 5.24. The number of nitrogens with one attached hydrogen (secondary N) is 1. The van der Waals surface area contributed by atoms with E-state index in [2.05, 4.69) is 16.3 Å². The second-order valence-corrected chi connectivity index (χ2v) is 9.40. The fraction of sp³-hybridized carbons (Fsp3) is 0.500. The summed E-state index contributed by atoms with van der Waals surface area (Å²) < 4.78 is 21.1. The molecule has 3 aliphatic rings. The molecule has 170 valence electrons. The van der Waals surface area contributed by atoms with Crippen molar-refractivity contribution in [1.82, 2.24) is 10.2 Å². The van der Waals surface area contributed by atoms with E-state index in [1.807, 2.05) is 12.1 Å². The van der Waals surface area contributed by atoms with Crippen LogP contribution in [-0.2, 0) is 6.42 Å². The van der Waals surface area contributed by atoms with E-state index in [1.54, 1.807) is 6.07 Å². The lowest BCUT2D eigenvalue weighted by Gasteiger charge is -2.48. The minimum absolute atomic E-state index is 0.0151. The maximum absolute atomic E-state index is 14.6. The van der Waals surface area contributed by atoms with E-state index in [0.717, 1.165) is 61.7 Å². The highest BCUT2D eigenvalue weighted by atomic mass is 19.1. The van der Waals surface area contributed by atoms with Crippen LogP contribution >= 0.6 is 0 Å². The minimum atomic E-state index is -0.566. The Hall–Kier alpha value is -2.44.